The summed E-state index contributed by atoms with van der Waals surface area (Å²) in [5, 5.41) is 0. The Hall–Kier alpha value is -1.25. The van der Waals surface area contributed by atoms with Crippen LogP contribution in [-0.4, -0.2) is 17.6 Å². The molecule has 0 bridgehead atoms. The number of hydrogen-bond acceptors (Lipinski definition) is 2. The van der Waals surface area contributed by atoms with E-state index in [1.165, 1.54) is 12.7 Å². The third-order valence-corrected chi connectivity index (χ3v) is 1.74. The summed E-state index contributed by atoms with van der Waals surface area (Å²) >= 11 is 0. The lowest BCUT2D eigenvalue weighted by Crippen LogP contribution is -2.01. The number of esters is 1. The van der Waals surface area contributed by atoms with Crippen LogP contribution in [0.2, 0.25) is 0 Å². The van der Waals surface area contributed by atoms with Gasteiger partial charge in [-0.25, -0.2) is 0 Å². The van der Waals surface area contributed by atoms with E-state index in [4.69, 9.17) is 0 Å². The maximum Gasteiger partial charge on any atom is 0.305 e. The van der Waals surface area contributed by atoms with Crippen LogP contribution >= 0.6 is 0 Å². The number of aromatic nitrogens is 1. The van der Waals surface area contributed by atoms with Gasteiger partial charge in [0.1, 0.15) is 0 Å². The maximum atomic E-state index is 10.8. The smallest absolute Gasteiger partial charge is 0.305 e. The number of rotatable bonds is 3. The fourth-order valence-corrected chi connectivity index (χ4v) is 1.06. The number of aryl methyl sites for hydroxylation is 2. The Labute approximate surface area is 72.0 Å². The highest BCUT2D eigenvalue weighted by atomic mass is 16.5. The van der Waals surface area contributed by atoms with Crippen LogP contribution in [-0.2, 0) is 23.0 Å². The monoisotopic (exact) mass is 167 g/mol. The first-order chi connectivity index (χ1) is 5.72. The number of methoxy groups -OCH3 is 1. The van der Waals surface area contributed by atoms with Crippen molar-refractivity contribution in [3.63, 3.8) is 0 Å². The van der Waals surface area contributed by atoms with E-state index in [0.717, 1.165) is 6.42 Å². The van der Waals surface area contributed by atoms with Gasteiger partial charge in [-0.2, -0.15) is 0 Å². The van der Waals surface area contributed by atoms with Crippen molar-refractivity contribution in [3.05, 3.63) is 24.0 Å². The van der Waals surface area contributed by atoms with Crippen molar-refractivity contribution >= 4 is 5.97 Å². The van der Waals surface area contributed by atoms with Crippen LogP contribution < -0.4 is 0 Å². The first-order valence-electron chi connectivity index (χ1n) is 3.90. The zero-order chi connectivity index (χ0) is 8.97. The Bertz CT molecular complexity index is 265. The average molecular weight is 167 g/mol. The molecule has 0 saturated heterocycles. The largest absolute Gasteiger partial charge is 0.469 e. The fraction of sp³-hybridized carbons (Fsp3) is 0.444. The fourth-order valence-electron chi connectivity index (χ4n) is 1.06. The molecule has 1 aromatic rings. The van der Waals surface area contributed by atoms with Crippen LogP contribution in [0.1, 0.15) is 12.0 Å². The van der Waals surface area contributed by atoms with Gasteiger partial charge < -0.3 is 9.30 Å². The zero-order valence-electron chi connectivity index (χ0n) is 7.41. The predicted octanol–water partition coefficient (Wildman–Crippen LogP) is 1.13. The van der Waals surface area contributed by atoms with Crippen molar-refractivity contribution < 1.29 is 9.53 Å². The highest BCUT2D eigenvalue weighted by Crippen LogP contribution is 2.03. The summed E-state index contributed by atoms with van der Waals surface area (Å²) in [6.07, 6.45) is 5.18. The van der Waals surface area contributed by atoms with Crippen LogP contribution in [0.25, 0.3) is 0 Å². The maximum absolute atomic E-state index is 10.8. The molecule has 12 heavy (non-hydrogen) atoms. The van der Waals surface area contributed by atoms with E-state index < -0.39 is 0 Å². The Balaban J connectivity index is 2.38. The Morgan fingerprint density at radius 2 is 2.42 bits per heavy atom. The van der Waals surface area contributed by atoms with Crippen LogP contribution in [0.15, 0.2) is 18.5 Å². The van der Waals surface area contributed by atoms with E-state index in [1.807, 2.05) is 30.1 Å². The SMILES string of the molecule is COC(=O)CCc1ccn(C)c1. The molecule has 3 nitrogen and oxygen atoms in total. The Morgan fingerprint density at radius 1 is 1.67 bits per heavy atom. The minimum absolute atomic E-state index is 0.154. The highest BCUT2D eigenvalue weighted by molar-refractivity contribution is 5.69. The molecule has 0 radical (unpaired) electrons. The topological polar surface area (TPSA) is 31.2 Å². The molecule has 0 aliphatic rings. The molecule has 0 unspecified atom stereocenters. The molecule has 0 saturated carbocycles. The third kappa shape index (κ3) is 2.42. The van der Waals surface area contributed by atoms with Gasteiger partial charge in [0.25, 0.3) is 0 Å². The van der Waals surface area contributed by atoms with Crippen LogP contribution in [0.3, 0.4) is 0 Å². The lowest BCUT2D eigenvalue weighted by molar-refractivity contribution is -0.140. The molecule has 0 fully saturated rings. The lowest BCUT2D eigenvalue weighted by atomic mass is 10.2. The van der Waals surface area contributed by atoms with Crippen molar-refractivity contribution in [1.82, 2.24) is 4.57 Å². The van der Waals surface area contributed by atoms with Gasteiger partial charge in [-0.05, 0) is 18.1 Å². The number of nitrogens with zero attached hydrogens (tertiary/aromatic N) is 1. The van der Waals surface area contributed by atoms with Gasteiger partial charge in [0.2, 0.25) is 0 Å². The van der Waals surface area contributed by atoms with Crippen molar-refractivity contribution in [2.75, 3.05) is 7.11 Å². The first-order valence-corrected chi connectivity index (χ1v) is 3.90. The molecule has 0 aromatic carbocycles. The highest BCUT2D eigenvalue weighted by Gasteiger charge is 2.01. The molecule has 1 rings (SSSR count). The molecule has 0 amide bonds. The van der Waals surface area contributed by atoms with Crippen molar-refractivity contribution in [2.24, 2.45) is 7.05 Å². The minimum atomic E-state index is -0.154. The summed E-state index contributed by atoms with van der Waals surface area (Å²) < 4.78 is 6.50. The van der Waals surface area contributed by atoms with E-state index in [-0.39, 0.29) is 5.97 Å². The Kier molecular flexibility index (Phi) is 2.91. The van der Waals surface area contributed by atoms with Gasteiger partial charge >= 0.3 is 5.97 Å². The van der Waals surface area contributed by atoms with Crippen LogP contribution in [0, 0.1) is 0 Å². The number of ether oxygens (including phenoxy) is 1. The second kappa shape index (κ2) is 3.95. The van der Waals surface area contributed by atoms with Gasteiger partial charge in [0.05, 0.1) is 7.11 Å². The molecular formula is C9H13NO2. The van der Waals surface area contributed by atoms with Gasteiger partial charge in [-0.3, -0.25) is 4.79 Å². The molecule has 0 spiro atoms. The molecule has 1 heterocycles. The molecule has 66 valence electrons. The van der Waals surface area contributed by atoms with Crippen molar-refractivity contribution in [3.8, 4) is 0 Å². The van der Waals surface area contributed by atoms with Crippen molar-refractivity contribution in [2.45, 2.75) is 12.8 Å². The lowest BCUT2D eigenvalue weighted by Gasteiger charge is -1.96. The second-order valence-corrected chi connectivity index (χ2v) is 2.76. The molecule has 0 aliphatic carbocycles. The van der Waals surface area contributed by atoms with Gasteiger partial charge in [0, 0.05) is 25.9 Å². The molecule has 0 N–H and O–H groups in total. The predicted molar refractivity (Wildman–Crippen MR) is 45.8 cm³/mol. The quantitative estimate of drug-likeness (QED) is 0.632. The number of carbonyl (C=O) groups excluding carboxylic acids is 1. The van der Waals surface area contributed by atoms with E-state index in [2.05, 4.69) is 4.74 Å². The van der Waals surface area contributed by atoms with E-state index in [9.17, 15) is 4.79 Å². The van der Waals surface area contributed by atoms with Crippen LogP contribution in [0.5, 0.6) is 0 Å². The second-order valence-electron chi connectivity index (χ2n) is 2.76. The summed E-state index contributed by atoms with van der Waals surface area (Å²) in [5.41, 5.74) is 1.17. The normalized spacial score (nSPS) is 9.83. The summed E-state index contributed by atoms with van der Waals surface area (Å²) in [7, 11) is 3.37. The third-order valence-electron chi connectivity index (χ3n) is 1.74. The Morgan fingerprint density at radius 3 is 2.92 bits per heavy atom. The molecule has 1 aromatic heterocycles. The number of carbonyl (C=O) groups is 1. The standard InChI is InChI=1S/C9H13NO2/c1-10-6-5-8(7-10)3-4-9(11)12-2/h5-7H,3-4H2,1-2H3. The summed E-state index contributed by atoms with van der Waals surface area (Å²) in [6, 6.07) is 2.00. The number of hydrogen-bond donors (Lipinski definition) is 0. The van der Waals surface area contributed by atoms with Crippen LogP contribution in [0.4, 0.5) is 0 Å². The minimum Gasteiger partial charge on any atom is -0.469 e. The summed E-state index contributed by atoms with van der Waals surface area (Å²) in [4.78, 5) is 10.8. The van der Waals surface area contributed by atoms with Gasteiger partial charge in [-0.1, -0.05) is 0 Å². The zero-order valence-corrected chi connectivity index (χ0v) is 7.41. The first kappa shape index (κ1) is 8.84. The summed E-state index contributed by atoms with van der Waals surface area (Å²) in [6.45, 7) is 0. The molecular weight excluding hydrogens is 154 g/mol. The summed E-state index contributed by atoms with van der Waals surface area (Å²) in [5.74, 6) is -0.154. The molecule has 0 aliphatic heterocycles. The van der Waals surface area contributed by atoms with E-state index in [1.54, 1.807) is 0 Å². The van der Waals surface area contributed by atoms with E-state index in [0.29, 0.717) is 6.42 Å². The average Bonchev–Trinajstić information content (AvgIpc) is 2.47. The van der Waals surface area contributed by atoms with Gasteiger partial charge in [0.15, 0.2) is 0 Å². The van der Waals surface area contributed by atoms with Crippen molar-refractivity contribution in [1.29, 1.82) is 0 Å². The molecule has 3 heteroatoms. The van der Waals surface area contributed by atoms with E-state index >= 15 is 0 Å². The molecule has 0 atom stereocenters. The van der Waals surface area contributed by atoms with Gasteiger partial charge in [-0.15, -0.1) is 0 Å².